The summed E-state index contributed by atoms with van der Waals surface area (Å²) in [4.78, 5) is 0. The summed E-state index contributed by atoms with van der Waals surface area (Å²) in [5.41, 5.74) is 3.76. The summed E-state index contributed by atoms with van der Waals surface area (Å²) >= 11 is 0. The van der Waals surface area contributed by atoms with Gasteiger partial charge in [0, 0.05) is 21.7 Å². The van der Waals surface area contributed by atoms with E-state index in [0.29, 0.717) is 5.39 Å². The molecule has 0 amide bonds. The molecule has 0 saturated heterocycles. The molecular weight excluding hydrogens is 299 g/mol. The minimum atomic E-state index is -0.211. The summed E-state index contributed by atoms with van der Waals surface area (Å²) in [6.45, 7) is 0. The zero-order valence-corrected chi connectivity index (χ0v) is 12.8. The van der Waals surface area contributed by atoms with E-state index in [1.54, 1.807) is 6.07 Å². The molecule has 5 aromatic rings. The second-order valence-corrected chi connectivity index (χ2v) is 5.87. The van der Waals surface area contributed by atoms with Crippen molar-refractivity contribution in [3.05, 3.63) is 84.7 Å². The van der Waals surface area contributed by atoms with Crippen LogP contribution in [0.2, 0.25) is 0 Å². The minimum Gasteiger partial charge on any atom is -0.231 e. The molecule has 5 rings (SSSR count). The fourth-order valence-corrected chi connectivity index (χ4v) is 3.37. The third kappa shape index (κ3) is 1.78. The average molecular weight is 312 g/mol. The molecule has 114 valence electrons. The van der Waals surface area contributed by atoms with Crippen LogP contribution < -0.4 is 0 Å². The topological polar surface area (TPSA) is 17.3 Å². The van der Waals surface area contributed by atoms with Crippen molar-refractivity contribution in [2.75, 3.05) is 0 Å². The van der Waals surface area contributed by atoms with Crippen LogP contribution in [0.15, 0.2) is 78.9 Å². The molecule has 0 atom stereocenters. The van der Waals surface area contributed by atoms with Crippen LogP contribution in [0.3, 0.4) is 0 Å². The molecule has 0 saturated carbocycles. The van der Waals surface area contributed by atoms with Gasteiger partial charge in [-0.25, -0.2) is 8.91 Å². The van der Waals surface area contributed by atoms with Crippen LogP contribution in [0.25, 0.3) is 38.4 Å². The van der Waals surface area contributed by atoms with E-state index in [0.717, 1.165) is 33.1 Å². The molecule has 0 fully saturated rings. The van der Waals surface area contributed by atoms with Gasteiger partial charge in [-0.2, -0.15) is 5.10 Å². The van der Waals surface area contributed by atoms with Gasteiger partial charge >= 0.3 is 0 Å². The molecule has 2 heterocycles. The summed E-state index contributed by atoms with van der Waals surface area (Å²) in [5.74, 6) is -0.211. The molecule has 3 heteroatoms. The number of nitrogens with zero attached hydrogens (tertiary/aromatic N) is 2. The Kier molecular flexibility index (Phi) is 2.71. The van der Waals surface area contributed by atoms with Gasteiger partial charge in [0.15, 0.2) is 0 Å². The van der Waals surface area contributed by atoms with Gasteiger partial charge in [-0.3, -0.25) is 0 Å². The van der Waals surface area contributed by atoms with Gasteiger partial charge in [0.2, 0.25) is 0 Å². The maximum absolute atomic E-state index is 14.5. The normalized spacial score (nSPS) is 11.5. The molecule has 0 aliphatic carbocycles. The van der Waals surface area contributed by atoms with E-state index >= 15 is 0 Å². The van der Waals surface area contributed by atoms with Gasteiger partial charge in [0.1, 0.15) is 5.82 Å². The zero-order chi connectivity index (χ0) is 16.1. The Morgan fingerprint density at radius 1 is 0.708 bits per heavy atom. The van der Waals surface area contributed by atoms with Crippen molar-refractivity contribution in [2.24, 2.45) is 0 Å². The Morgan fingerprint density at radius 2 is 1.46 bits per heavy atom. The number of rotatable bonds is 1. The predicted octanol–water partition coefficient (Wildman–Crippen LogP) is 5.45. The SMILES string of the molecule is Fc1cccc2c1cc(-c1ccccc1)n1nc3ccccc3c21. The average Bonchev–Trinajstić information content (AvgIpc) is 3.02. The number of pyridine rings is 1. The minimum absolute atomic E-state index is 0.211. The highest BCUT2D eigenvalue weighted by atomic mass is 19.1. The van der Waals surface area contributed by atoms with Gasteiger partial charge in [-0.1, -0.05) is 60.7 Å². The van der Waals surface area contributed by atoms with E-state index in [1.165, 1.54) is 6.07 Å². The van der Waals surface area contributed by atoms with Crippen LogP contribution in [-0.2, 0) is 0 Å². The molecule has 0 N–H and O–H groups in total. The Hall–Kier alpha value is -3.20. The Balaban J connectivity index is 2.07. The van der Waals surface area contributed by atoms with Crippen molar-refractivity contribution in [3.8, 4) is 11.3 Å². The van der Waals surface area contributed by atoms with Crippen LogP contribution in [0.5, 0.6) is 0 Å². The van der Waals surface area contributed by atoms with Crippen LogP contribution in [0, 0.1) is 5.82 Å². The highest BCUT2D eigenvalue weighted by molar-refractivity contribution is 6.10. The van der Waals surface area contributed by atoms with Gasteiger partial charge in [-0.05, 0) is 18.2 Å². The van der Waals surface area contributed by atoms with E-state index in [2.05, 4.69) is 0 Å². The zero-order valence-electron chi connectivity index (χ0n) is 12.8. The van der Waals surface area contributed by atoms with Crippen LogP contribution in [0.4, 0.5) is 4.39 Å². The lowest BCUT2D eigenvalue weighted by molar-refractivity contribution is 0.640. The van der Waals surface area contributed by atoms with E-state index < -0.39 is 0 Å². The molecule has 2 nitrogen and oxygen atoms in total. The number of aromatic nitrogens is 2. The fraction of sp³-hybridized carbons (Fsp3) is 0. The van der Waals surface area contributed by atoms with Crippen molar-refractivity contribution in [1.29, 1.82) is 0 Å². The summed E-state index contributed by atoms with van der Waals surface area (Å²) in [7, 11) is 0. The molecule has 0 radical (unpaired) electrons. The largest absolute Gasteiger partial charge is 0.231 e. The van der Waals surface area contributed by atoms with Gasteiger partial charge in [0.25, 0.3) is 0 Å². The first-order chi connectivity index (χ1) is 11.8. The van der Waals surface area contributed by atoms with Gasteiger partial charge < -0.3 is 0 Å². The lowest BCUT2D eigenvalue weighted by Crippen LogP contribution is -1.96. The third-order valence-corrected chi connectivity index (χ3v) is 4.47. The van der Waals surface area contributed by atoms with Crippen molar-refractivity contribution in [3.63, 3.8) is 0 Å². The quantitative estimate of drug-likeness (QED) is 0.402. The molecule has 3 aromatic carbocycles. The van der Waals surface area contributed by atoms with Crippen molar-refractivity contribution < 1.29 is 4.39 Å². The number of hydrogen-bond acceptors (Lipinski definition) is 1. The molecule has 0 spiro atoms. The summed E-state index contributed by atoms with van der Waals surface area (Å²) < 4.78 is 16.4. The fourth-order valence-electron chi connectivity index (χ4n) is 3.37. The first-order valence-corrected chi connectivity index (χ1v) is 7.87. The molecule has 0 bridgehead atoms. The number of halogens is 1. The monoisotopic (exact) mass is 312 g/mol. The third-order valence-electron chi connectivity index (χ3n) is 4.47. The summed E-state index contributed by atoms with van der Waals surface area (Å²) in [5, 5.41) is 7.30. The maximum atomic E-state index is 14.5. The highest BCUT2D eigenvalue weighted by Crippen LogP contribution is 2.33. The number of fused-ring (bicyclic) bond motifs is 5. The van der Waals surface area contributed by atoms with Crippen LogP contribution in [0.1, 0.15) is 0 Å². The lowest BCUT2D eigenvalue weighted by atomic mass is 10.0. The van der Waals surface area contributed by atoms with Crippen molar-refractivity contribution in [1.82, 2.24) is 9.61 Å². The smallest absolute Gasteiger partial charge is 0.131 e. The van der Waals surface area contributed by atoms with Gasteiger partial charge in [-0.15, -0.1) is 0 Å². The molecule has 24 heavy (non-hydrogen) atoms. The van der Waals surface area contributed by atoms with E-state index in [-0.39, 0.29) is 5.82 Å². The molecule has 0 aliphatic rings. The van der Waals surface area contributed by atoms with E-state index in [1.807, 2.05) is 71.2 Å². The highest BCUT2D eigenvalue weighted by Gasteiger charge is 2.15. The summed E-state index contributed by atoms with van der Waals surface area (Å²) in [6, 6.07) is 25.1. The van der Waals surface area contributed by atoms with Crippen LogP contribution >= 0.6 is 0 Å². The molecule has 2 aromatic heterocycles. The van der Waals surface area contributed by atoms with E-state index in [9.17, 15) is 4.39 Å². The number of hydrogen-bond donors (Lipinski definition) is 0. The van der Waals surface area contributed by atoms with Crippen LogP contribution in [-0.4, -0.2) is 9.61 Å². The Labute approximate surface area is 137 Å². The second-order valence-electron chi connectivity index (χ2n) is 5.87. The first-order valence-electron chi connectivity index (χ1n) is 7.87. The van der Waals surface area contributed by atoms with Crippen molar-refractivity contribution in [2.45, 2.75) is 0 Å². The maximum Gasteiger partial charge on any atom is 0.131 e. The Morgan fingerprint density at radius 3 is 2.33 bits per heavy atom. The lowest BCUT2D eigenvalue weighted by Gasteiger charge is -2.09. The number of benzene rings is 3. The molecule has 0 unspecified atom stereocenters. The Bertz CT molecular complexity index is 1210. The van der Waals surface area contributed by atoms with Gasteiger partial charge in [0.05, 0.1) is 16.7 Å². The van der Waals surface area contributed by atoms with E-state index in [4.69, 9.17) is 5.10 Å². The second kappa shape index (κ2) is 4.90. The molecule has 0 aliphatic heterocycles. The standard InChI is InChI=1S/C21H13FN2/c22-18-11-6-10-15-17(18)13-20(14-7-2-1-3-8-14)24-21(15)16-9-4-5-12-19(16)23-24/h1-13H. The first kappa shape index (κ1) is 13.3. The van der Waals surface area contributed by atoms with Crippen molar-refractivity contribution >= 4 is 27.2 Å². The summed E-state index contributed by atoms with van der Waals surface area (Å²) in [6.07, 6.45) is 0. The predicted molar refractivity (Wildman–Crippen MR) is 95.6 cm³/mol. The molecular formula is C21H13FN2.